The molecule has 0 aromatic heterocycles. The molecule has 124 valence electrons. The van der Waals surface area contributed by atoms with Crippen LogP contribution in [0.25, 0.3) is 0 Å². The van der Waals surface area contributed by atoms with Crippen molar-refractivity contribution in [2.75, 3.05) is 39.6 Å². The highest BCUT2D eigenvalue weighted by atomic mass is 16.5. The van der Waals surface area contributed by atoms with Crippen molar-refractivity contribution in [3.05, 3.63) is 0 Å². The highest BCUT2D eigenvalue weighted by Crippen LogP contribution is 1.94. The van der Waals surface area contributed by atoms with Crippen LogP contribution in [0.1, 0.15) is 33.1 Å². The zero-order valence-electron chi connectivity index (χ0n) is 12.9. The van der Waals surface area contributed by atoms with E-state index < -0.39 is 12.0 Å². The second-order valence-electron chi connectivity index (χ2n) is 4.57. The summed E-state index contributed by atoms with van der Waals surface area (Å²) in [6.45, 7) is 6.34. The van der Waals surface area contributed by atoms with E-state index >= 15 is 0 Å². The molecule has 7 nitrogen and oxygen atoms in total. The first kappa shape index (κ1) is 19.8. The Bertz CT molecular complexity index is 285. The van der Waals surface area contributed by atoms with Gasteiger partial charge in [-0.2, -0.15) is 0 Å². The van der Waals surface area contributed by atoms with Gasteiger partial charge in [0.25, 0.3) is 0 Å². The van der Waals surface area contributed by atoms with E-state index in [4.69, 9.17) is 19.3 Å². The smallest absolute Gasteiger partial charge is 0.326 e. The van der Waals surface area contributed by atoms with Gasteiger partial charge in [0.1, 0.15) is 6.04 Å². The summed E-state index contributed by atoms with van der Waals surface area (Å²) in [4.78, 5) is 21.7. The average molecular weight is 305 g/mol. The quantitative estimate of drug-likeness (QED) is 0.461. The molecule has 7 heteroatoms. The lowest BCUT2D eigenvalue weighted by atomic mass is 10.2. The molecular weight excluding hydrogens is 278 g/mol. The zero-order chi connectivity index (χ0) is 15.9. The Labute approximate surface area is 125 Å². The van der Waals surface area contributed by atoms with Gasteiger partial charge in [0.05, 0.1) is 26.4 Å². The fourth-order valence-corrected chi connectivity index (χ4v) is 1.49. The van der Waals surface area contributed by atoms with Crippen LogP contribution in [0.3, 0.4) is 0 Å². The van der Waals surface area contributed by atoms with Crippen molar-refractivity contribution >= 4 is 11.9 Å². The predicted octanol–water partition coefficient (Wildman–Crippen LogP) is 0.816. The molecule has 21 heavy (non-hydrogen) atoms. The first-order chi connectivity index (χ1) is 10.1. The van der Waals surface area contributed by atoms with Gasteiger partial charge in [-0.25, -0.2) is 4.79 Å². The third-order valence-corrected chi connectivity index (χ3v) is 2.61. The number of hydrogen-bond acceptors (Lipinski definition) is 5. The Morgan fingerprint density at radius 3 is 2.00 bits per heavy atom. The van der Waals surface area contributed by atoms with Crippen LogP contribution in [0.4, 0.5) is 0 Å². The third-order valence-electron chi connectivity index (χ3n) is 2.61. The molecule has 0 radical (unpaired) electrons. The highest BCUT2D eigenvalue weighted by Gasteiger charge is 2.17. The lowest BCUT2D eigenvalue weighted by molar-refractivity contribution is -0.142. The number of unbranched alkanes of at least 4 members (excludes halogenated alkanes) is 1. The number of rotatable bonds is 14. The van der Waals surface area contributed by atoms with Crippen LogP contribution >= 0.6 is 0 Å². The minimum Gasteiger partial charge on any atom is -0.480 e. The summed E-state index contributed by atoms with van der Waals surface area (Å²) in [7, 11) is 0. The topological polar surface area (TPSA) is 94.1 Å². The molecule has 0 rings (SSSR count). The normalized spacial score (nSPS) is 12.1. The molecule has 1 atom stereocenters. The fourth-order valence-electron chi connectivity index (χ4n) is 1.49. The molecule has 0 aliphatic carbocycles. The molecule has 0 aliphatic heterocycles. The summed E-state index contributed by atoms with van der Waals surface area (Å²) in [5.41, 5.74) is 0. The molecular formula is C14H27NO6. The number of carboxylic acids is 1. The van der Waals surface area contributed by atoms with Crippen LogP contribution in [0.5, 0.6) is 0 Å². The van der Waals surface area contributed by atoms with Gasteiger partial charge in [-0.15, -0.1) is 0 Å². The molecule has 0 saturated carbocycles. The number of aliphatic carboxylic acids is 1. The number of nitrogens with one attached hydrogen (secondary N) is 1. The first-order valence-electron chi connectivity index (χ1n) is 7.31. The van der Waals surface area contributed by atoms with Gasteiger partial charge < -0.3 is 24.6 Å². The maximum atomic E-state index is 10.8. The summed E-state index contributed by atoms with van der Waals surface area (Å²) >= 11 is 0. The number of carbonyl (C=O) groups is 2. The second-order valence-corrected chi connectivity index (χ2v) is 4.57. The molecule has 0 fully saturated rings. The second kappa shape index (κ2) is 13.8. The Balaban J connectivity index is 3.38. The maximum absolute atomic E-state index is 10.8. The van der Waals surface area contributed by atoms with E-state index in [1.807, 2.05) is 0 Å². The average Bonchev–Trinajstić information content (AvgIpc) is 2.42. The van der Waals surface area contributed by atoms with Crippen LogP contribution in [-0.2, 0) is 23.8 Å². The number of ether oxygens (including phenoxy) is 3. The zero-order valence-corrected chi connectivity index (χ0v) is 12.9. The van der Waals surface area contributed by atoms with E-state index in [-0.39, 0.29) is 18.9 Å². The summed E-state index contributed by atoms with van der Waals surface area (Å²) in [6, 6.07) is -0.907. The Hall–Kier alpha value is -1.18. The molecule has 0 heterocycles. The minimum atomic E-state index is -1.06. The fraction of sp³-hybridized carbons (Fsp3) is 0.857. The Morgan fingerprint density at radius 2 is 1.52 bits per heavy atom. The molecule has 0 spiro atoms. The van der Waals surface area contributed by atoms with Crippen molar-refractivity contribution in [2.24, 2.45) is 0 Å². The lowest BCUT2D eigenvalue weighted by Gasteiger charge is -2.13. The van der Waals surface area contributed by atoms with Crippen molar-refractivity contribution in [2.45, 2.75) is 39.2 Å². The van der Waals surface area contributed by atoms with Gasteiger partial charge >= 0.3 is 5.97 Å². The lowest BCUT2D eigenvalue weighted by Crippen LogP contribution is -2.40. The Kier molecular flexibility index (Phi) is 13.0. The molecule has 0 aromatic carbocycles. The number of hydrogen-bond donors (Lipinski definition) is 2. The van der Waals surface area contributed by atoms with Crippen molar-refractivity contribution in [1.82, 2.24) is 5.32 Å². The van der Waals surface area contributed by atoms with E-state index in [1.165, 1.54) is 6.92 Å². The van der Waals surface area contributed by atoms with Crippen molar-refractivity contribution in [1.29, 1.82) is 0 Å². The maximum Gasteiger partial charge on any atom is 0.326 e. The van der Waals surface area contributed by atoms with Crippen molar-refractivity contribution in [3.8, 4) is 0 Å². The summed E-state index contributed by atoms with van der Waals surface area (Å²) < 4.78 is 15.9. The van der Waals surface area contributed by atoms with Gasteiger partial charge in [0.15, 0.2) is 0 Å². The van der Waals surface area contributed by atoms with Crippen LogP contribution < -0.4 is 5.32 Å². The molecule has 1 amide bonds. The predicted molar refractivity (Wildman–Crippen MR) is 77.2 cm³/mol. The van der Waals surface area contributed by atoms with Crippen molar-refractivity contribution in [3.63, 3.8) is 0 Å². The van der Waals surface area contributed by atoms with Gasteiger partial charge in [-0.05, 0) is 6.42 Å². The number of carbonyl (C=O) groups excluding carboxylic acids is 1. The highest BCUT2D eigenvalue weighted by molar-refractivity contribution is 5.81. The minimum absolute atomic E-state index is 0.231. The Morgan fingerprint density at radius 1 is 1.00 bits per heavy atom. The molecule has 0 saturated heterocycles. The molecule has 0 aliphatic rings. The van der Waals surface area contributed by atoms with Crippen LogP contribution in [-0.4, -0.2) is 62.7 Å². The van der Waals surface area contributed by atoms with E-state index in [2.05, 4.69) is 12.2 Å². The van der Waals surface area contributed by atoms with Gasteiger partial charge in [-0.3, -0.25) is 4.79 Å². The van der Waals surface area contributed by atoms with E-state index in [0.717, 1.165) is 19.4 Å². The van der Waals surface area contributed by atoms with Gasteiger partial charge in [0, 0.05) is 26.6 Å². The van der Waals surface area contributed by atoms with Crippen LogP contribution in [0, 0.1) is 0 Å². The van der Waals surface area contributed by atoms with Crippen LogP contribution in [0.15, 0.2) is 0 Å². The summed E-state index contributed by atoms with van der Waals surface area (Å²) in [6.07, 6.45) is 2.40. The molecule has 1 unspecified atom stereocenters. The van der Waals surface area contributed by atoms with E-state index in [0.29, 0.717) is 26.4 Å². The molecule has 0 aromatic rings. The summed E-state index contributed by atoms with van der Waals surface area (Å²) in [5, 5.41) is 11.2. The SMILES string of the molecule is CCCCOCCOCCOCCC(NC(C)=O)C(=O)O. The number of amides is 1. The van der Waals surface area contributed by atoms with Gasteiger partial charge in [0.2, 0.25) is 5.91 Å². The standard InChI is InChI=1S/C14H27NO6/c1-3-4-6-19-8-10-21-11-9-20-7-5-13(14(17)18)15-12(2)16/h13H,3-11H2,1-2H3,(H,15,16)(H,17,18). The first-order valence-corrected chi connectivity index (χ1v) is 7.31. The van der Waals surface area contributed by atoms with Gasteiger partial charge in [-0.1, -0.05) is 13.3 Å². The largest absolute Gasteiger partial charge is 0.480 e. The van der Waals surface area contributed by atoms with Crippen LogP contribution in [0.2, 0.25) is 0 Å². The monoisotopic (exact) mass is 305 g/mol. The number of carboxylic acid groups (broad SMARTS) is 1. The third kappa shape index (κ3) is 13.6. The summed E-state index contributed by atoms with van der Waals surface area (Å²) in [5.74, 6) is -1.43. The van der Waals surface area contributed by atoms with E-state index in [9.17, 15) is 9.59 Å². The van der Waals surface area contributed by atoms with Crippen molar-refractivity contribution < 1.29 is 28.9 Å². The molecule has 0 bridgehead atoms. The van der Waals surface area contributed by atoms with E-state index in [1.54, 1.807) is 0 Å². The molecule has 2 N–H and O–H groups in total.